The lowest BCUT2D eigenvalue weighted by Crippen LogP contribution is -1.98. The quantitative estimate of drug-likeness (QED) is 0.868. The minimum Gasteiger partial charge on any atom is -0.383 e. The zero-order valence-electron chi connectivity index (χ0n) is 7.95. The Balaban J connectivity index is 2.38. The molecule has 0 spiro atoms. The zero-order valence-corrected chi connectivity index (χ0v) is 10.3. The second-order valence-corrected chi connectivity index (χ2v) is 4.97. The molecule has 0 aliphatic heterocycles. The van der Waals surface area contributed by atoms with E-state index in [-0.39, 0.29) is 5.02 Å². The van der Waals surface area contributed by atoms with Crippen molar-refractivity contribution in [2.24, 2.45) is 0 Å². The summed E-state index contributed by atoms with van der Waals surface area (Å²) in [6.07, 6.45) is -0.870. The van der Waals surface area contributed by atoms with Crippen molar-refractivity contribution in [1.29, 1.82) is 0 Å². The summed E-state index contributed by atoms with van der Waals surface area (Å²) in [4.78, 5) is 0.629. The normalized spacial score (nSPS) is 12.8. The number of benzene rings is 1. The average molecular weight is 277 g/mol. The molecule has 0 amide bonds. The minimum absolute atomic E-state index is 0.00997. The Hall–Kier alpha value is -0.610. The molecule has 5 heteroatoms. The topological polar surface area (TPSA) is 20.2 Å². The minimum atomic E-state index is -0.870. The van der Waals surface area contributed by atoms with E-state index >= 15 is 0 Å². The average Bonchev–Trinajstić information content (AvgIpc) is 2.67. The van der Waals surface area contributed by atoms with Crippen molar-refractivity contribution in [3.05, 3.63) is 55.9 Å². The molecule has 0 saturated carbocycles. The molecule has 0 aliphatic carbocycles. The molecule has 0 radical (unpaired) electrons. The summed E-state index contributed by atoms with van der Waals surface area (Å²) in [7, 11) is 0. The Labute approximate surface area is 106 Å². The molecule has 1 atom stereocenters. The van der Waals surface area contributed by atoms with Crippen LogP contribution in [0.2, 0.25) is 10.0 Å². The molecule has 0 aliphatic rings. The predicted molar refractivity (Wildman–Crippen MR) is 64.8 cm³/mol. The van der Waals surface area contributed by atoms with Crippen LogP contribution in [0.15, 0.2) is 29.6 Å². The van der Waals surface area contributed by atoms with Crippen LogP contribution >= 0.6 is 34.5 Å². The van der Waals surface area contributed by atoms with E-state index in [0.29, 0.717) is 15.5 Å². The van der Waals surface area contributed by atoms with Gasteiger partial charge in [-0.15, -0.1) is 11.3 Å². The van der Waals surface area contributed by atoms with Crippen molar-refractivity contribution >= 4 is 34.5 Å². The zero-order chi connectivity index (χ0) is 11.7. The van der Waals surface area contributed by atoms with E-state index in [0.717, 1.165) is 0 Å². The molecule has 1 aromatic carbocycles. The highest BCUT2D eigenvalue weighted by atomic mass is 35.5. The largest absolute Gasteiger partial charge is 0.383 e. The number of hydrogen-bond donors (Lipinski definition) is 1. The molecular weight excluding hydrogens is 270 g/mol. The number of aliphatic hydroxyl groups is 1. The van der Waals surface area contributed by atoms with Gasteiger partial charge in [-0.1, -0.05) is 29.3 Å². The summed E-state index contributed by atoms with van der Waals surface area (Å²) in [5.74, 6) is -0.505. The highest BCUT2D eigenvalue weighted by Gasteiger charge is 2.16. The Bertz CT molecular complexity index is 512. The molecule has 1 aromatic heterocycles. The summed E-state index contributed by atoms with van der Waals surface area (Å²) in [6.45, 7) is 0. The fourth-order valence-corrected chi connectivity index (χ4v) is 2.69. The van der Waals surface area contributed by atoms with Gasteiger partial charge in [0.15, 0.2) is 0 Å². The fourth-order valence-electron chi connectivity index (χ4n) is 1.33. The smallest absolute Gasteiger partial charge is 0.141 e. The van der Waals surface area contributed by atoms with Crippen LogP contribution in [-0.4, -0.2) is 5.11 Å². The summed E-state index contributed by atoms with van der Waals surface area (Å²) in [6, 6.07) is 5.82. The summed E-state index contributed by atoms with van der Waals surface area (Å²) < 4.78 is 12.9. The van der Waals surface area contributed by atoms with Gasteiger partial charge in [-0.05, 0) is 29.1 Å². The maximum Gasteiger partial charge on any atom is 0.141 e. The molecular formula is C11H7Cl2FOS. The van der Waals surface area contributed by atoms with Crippen LogP contribution in [0.1, 0.15) is 16.5 Å². The monoisotopic (exact) mass is 276 g/mol. The van der Waals surface area contributed by atoms with Crippen LogP contribution in [0, 0.1) is 5.82 Å². The Morgan fingerprint density at radius 3 is 2.50 bits per heavy atom. The first-order valence-electron chi connectivity index (χ1n) is 4.45. The van der Waals surface area contributed by atoms with Gasteiger partial charge in [0.05, 0.1) is 14.9 Å². The van der Waals surface area contributed by atoms with Gasteiger partial charge in [-0.3, -0.25) is 0 Å². The third-order valence-electron chi connectivity index (χ3n) is 2.15. The van der Waals surface area contributed by atoms with Crippen LogP contribution < -0.4 is 0 Å². The van der Waals surface area contributed by atoms with Crippen molar-refractivity contribution in [2.45, 2.75) is 6.10 Å². The van der Waals surface area contributed by atoms with Gasteiger partial charge in [0.1, 0.15) is 11.9 Å². The van der Waals surface area contributed by atoms with Gasteiger partial charge in [-0.25, -0.2) is 4.39 Å². The number of aliphatic hydroxyl groups excluding tert-OH is 1. The number of rotatable bonds is 2. The number of halogens is 3. The van der Waals surface area contributed by atoms with Gasteiger partial charge < -0.3 is 5.11 Å². The lowest BCUT2D eigenvalue weighted by Gasteiger charge is -2.10. The lowest BCUT2D eigenvalue weighted by molar-refractivity contribution is 0.224. The maximum atomic E-state index is 12.9. The molecule has 0 fully saturated rings. The first-order valence-corrected chi connectivity index (χ1v) is 6.09. The maximum absolute atomic E-state index is 12.9. The fraction of sp³-hybridized carbons (Fsp3) is 0.0909. The first-order chi connectivity index (χ1) is 7.59. The van der Waals surface area contributed by atoms with Crippen molar-refractivity contribution in [3.63, 3.8) is 0 Å². The third-order valence-corrected chi connectivity index (χ3v) is 3.85. The first kappa shape index (κ1) is 11.9. The van der Waals surface area contributed by atoms with Crippen LogP contribution in [-0.2, 0) is 0 Å². The molecule has 2 aromatic rings. The van der Waals surface area contributed by atoms with Gasteiger partial charge in [0.25, 0.3) is 0 Å². The van der Waals surface area contributed by atoms with Gasteiger partial charge in [0, 0.05) is 0 Å². The third kappa shape index (κ3) is 2.23. The van der Waals surface area contributed by atoms with Crippen molar-refractivity contribution in [2.75, 3.05) is 0 Å². The Morgan fingerprint density at radius 1 is 1.19 bits per heavy atom. The number of thiophene rings is 1. The second kappa shape index (κ2) is 4.72. The van der Waals surface area contributed by atoms with Gasteiger partial charge in [-0.2, -0.15) is 0 Å². The summed E-state index contributed by atoms with van der Waals surface area (Å²) in [5.41, 5.74) is 0.524. The van der Waals surface area contributed by atoms with Crippen molar-refractivity contribution in [3.8, 4) is 0 Å². The van der Waals surface area contributed by atoms with Crippen molar-refractivity contribution in [1.82, 2.24) is 0 Å². The molecule has 0 bridgehead atoms. The molecule has 2 rings (SSSR count). The van der Waals surface area contributed by atoms with E-state index in [1.165, 1.54) is 29.5 Å². The van der Waals surface area contributed by atoms with Crippen LogP contribution in [0.3, 0.4) is 0 Å². The molecule has 1 N–H and O–H groups in total. The SMILES string of the molecule is OC(c1ccc(F)c(Cl)c1)c1sccc1Cl. The van der Waals surface area contributed by atoms with Crippen molar-refractivity contribution < 1.29 is 9.50 Å². The Morgan fingerprint density at radius 2 is 1.94 bits per heavy atom. The van der Waals surface area contributed by atoms with E-state index in [1.54, 1.807) is 11.4 Å². The molecule has 1 unspecified atom stereocenters. The van der Waals surface area contributed by atoms with Crippen LogP contribution in [0.25, 0.3) is 0 Å². The molecule has 16 heavy (non-hydrogen) atoms. The summed E-state index contributed by atoms with van der Waals surface area (Å²) in [5, 5.41) is 12.3. The molecule has 84 valence electrons. The van der Waals surface area contributed by atoms with E-state index in [1.807, 2.05) is 0 Å². The molecule has 1 heterocycles. The predicted octanol–water partition coefficient (Wildman–Crippen LogP) is 4.28. The second-order valence-electron chi connectivity index (χ2n) is 3.21. The van der Waals surface area contributed by atoms with Gasteiger partial charge >= 0.3 is 0 Å². The van der Waals surface area contributed by atoms with E-state index in [2.05, 4.69) is 0 Å². The molecule has 0 saturated heterocycles. The molecule has 1 nitrogen and oxygen atoms in total. The van der Waals surface area contributed by atoms with Crippen LogP contribution in [0.5, 0.6) is 0 Å². The Kier molecular flexibility index (Phi) is 3.50. The summed E-state index contributed by atoms with van der Waals surface area (Å²) >= 11 is 12.9. The van der Waals surface area contributed by atoms with E-state index in [9.17, 15) is 9.50 Å². The highest BCUT2D eigenvalue weighted by Crippen LogP contribution is 2.33. The van der Waals surface area contributed by atoms with Crippen LogP contribution in [0.4, 0.5) is 4.39 Å². The highest BCUT2D eigenvalue weighted by molar-refractivity contribution is 7.10. The van der Waals surface area contributed by atoms with Gasteiger partial charge in [0.2, 0.25) is 0 Å². The van der Waals surface area contributed by atoms with E-state index < -0.39 is 11.9 Å². The van der Waals surface area contributed by atoms with E-state index in [4.69, 9.17) is 23.2 Å². The standard InChI is InChI=1S/C11H7Cl2FOS/c12-7-3-4-16-11(7)10(15)6-1-2-9(14)8(13)5-6/h1-5,10,15H. The lowest BCUT2D eigenvalue weighted by atomic mass is 10.1. The number of hydrogen-bond acceptors (Lipinski definition) is 2.